The number of piperidine rings is 1. The van der Waals surface area contributed by atoms with Crippen LogP contribution < -0.4 is 31.6 Å². The van der Waals surface area contributed by atoms with E-state index >= 15 is 0 Å². The maximum atomic E-state index is 14.6. The van der Waals surface area contributed by atoms with Gasteiger partial charge in [-0.25, -0.2) is 4.79 Å². The van der Waals surface area contributed by atoms with Crippen LogP contribution in [0.5, 0.6) is 0 Å². The fraction of sp³-hybridized carbons (Fsp3) is 0.370. The maximum Gasteiger partial charge on any atom is 0.408 e. The minimum absolute atomic E-state index is 0.0625. The van der Waals surface area contributed by atoms with Gasteiger partial charge >= 0.3 is 6.09 Å². The standard InChI is InChI=1S/C54H66N4O9Si/c1-51(2,3)48(60)55-40-29-25-38(26-30-40)33-64-45-44(57-50(62)66-35-37-19-13-10-14-20-37)47(59)58-54(63,46(45)65-34-39-27-31-41(32-28-39)56-49(61)52(4,5)6)36-67-68(53(7,8)9,42-21-15-11-16-22-42)43-23-17-12-18-24-43/h10-32,44-46,63H,33-36H2,1-9H3,(H,55,60)(H,56,61)(H,57,62)(H,58,59)/t44-,45-,46+,54?/m1/s1. The molecule has 1 aliphatic heterocycles. The number of anilines is 2. The lowest BCUT2D eigenvalue weighted by Crippen LogP contribution is -2.77. The highest BCUT2D eigenvalue weighted by atomic mass is 28.4. The lowest BCUT2D eigenvalue weighted by atomic mass is 9.90. The molecule has 68 heavy (non-hydrogen) atoms. The highest BCUT2D eigenvalue weighted by Crippen LogP contribution is 2.38. The Morgan fingerprint density at radius 3 is 1.47 bits per heavy atom. The fourth-order valence-corrected chi connectivity index (χ4v) is 12.5. The summed E-state index contributed by atoms with van der Waals surface area (Å²) in [6.07, 6.45) is -3.59. The first-order valence-corrected chi connectivity index (χ1v) is 24.8. The van der Waals surface area contributed by atoms with Crippen molar-refractivity contribution in [3.63, 3.8) is 0 Å². The molecule has 1 unspecified atom stereocenters. The molecule has 1 saturated heterocycles. The van der Waals surface area contributed by atoms with Gasteiger partial charge in [0.25, 0.3) is 8.32 Å². The van der Waals surface area contributed by atoms with Crippen LogP contribution in [0.1, 0.15) is 79.0 Å². The second-order valence-corrected chi connectivity index (χ2v) is 24.7. The number of rotatable bonds is 16. The number of aliphatic hydroxyl groups is 1. The number of amides is 4. The van der Waals surface area contributed by atoms with Crippen LogP contribution in [0.15, 0.2) is 140 Å². The van der Waals surface area contributed by atoms with E-state index in [1.165, 1.54) is 0 Å². The van der Waals surface area contributed by atoms with E-state index in [0.29, 0.717) is 22.5 Å². The fourth-order valence-electron chi connectivity index (χ4n) is 7.90. The molecule has 0 aromatic heterocycles. The summed E-state index contributed by atoms with van der Waals surface area (Å²) in [5, 5.41) is 25.9. The number of carbonyl (C=O) groups is 4. The van der Waals surface area contributed by atoms with Crippen molar-refractivity contribution in [1.82, 2.24) is 10.6 Å². The van der Waals surface area contributed by atoms with E-state index < -0.39 is 66.8 Å². The van der Waals surface area contributed by atoms with Gasteiger partial charge < -0.3 is 45.0 Å². The third-order valence-corrected chi connectivity index (χ3v) is 16.8. The Kier molecular flexibility index (Phi) is 16.1. The van der Waals surface area contributed by atoms with Crippen LogP contribution in [0, 0.1) is 10.8 Å². The molecule has 0 spiro atoms. The van der Waals surface area contributed by atoms with Gasteiger partial charge in [0.15, 0.2) is 5.72 Å². The molecule has 360 valence electrons. The van der Waals surface area contributed by atoms with Gasteiger partial charge in [0.2, 0.25) is 17.7 Å². The smallest absolute Gasteiger partial charge is 0.408 e. The minimum Gasteiger partial charge on any atom is -0.445 e. The first-order chi connectivity index (χ1) is 32.1. The van der Waals surface area contributed by atoms with Crippen LogP contribution >= 0.6 is 0 Å². The van der Waals surface area contributed by atoms with Gasteiger partial charge in [-0.1, -0.05) is 178 Å². The number of ether oxygens (including phenoxy) is 3. The lowest BCUT2D eigenvalue weighted by molar-refractivity contribution is -0.223. The Hall–Kier alpha value is -6.16. The topological polar surface area (TPSA) is 174 Å². The molecule has 1 fully saturated rings. The summed E-state index contributed by atoms with van der Waals surface area (Å²) < 4.78 is 26.2. The molecule has 0 aliphatic carbocycles. The summed E-state index contributed by atoms with van der Waals surface area (Å²) in [4.78, 5) is 53.6. The quantitative estimate of drug-likeness (QED) is 0.0619. The van der Waals surface area contributed by atoms with Gasteiger partial charge in [0.05, 0.1) is 19.8 Å². The van der Waals surface area contributed by atoms with Crippen molar-refractivity contribution < 1.29 is 42.9 Å². The second kappa shape index (κ2) is 21.4. The molecule has 1 heterocycles. The molecule has 4 atom stereocenters. The van der Waals surface area contributed by atoms with Crippen LogP contribution in [0.2, 0.25) is 5.04 Å². The molecule has 4 amide bonds. The number of hydrogen-bond donors (Lipinski definition) is 5. The van der Waals surface area contributed by atoms with E-state index in [2.05, 4.69) is 42.0 Å². The SMILES string of the molecule is CC(C)(C)C(=O)Nc1ccc(CO[C@@H]2[C@@H](NC(=O)OCc3ccccc3)C(=O)NC(O)(CO[Si](c3ccccc3)(c3ccccc3)C(C)(C)C)[C@H]2OCc2ccc(NC(=O)C(C)(C)C)cc2)cc1. The molecule has 6 rings (SSSR count). The Labute approximate surface area is 401 Å². The third kappa shape index (κ3) is 12.7. The first-order valence-electron chi connectivity index (χ1n) is 22.9. The molecular weight excluding hydrogens is 877 g/mol. The van der Waals surface area contributed by atoms with E-state index in [4.69, 9.17) is 18.6 Å². The highest BCUT2D eigenvalue weighted by Gasteiger charge is 2.58. The lowest BCUT2D eigenvalue weighted by Gasteiger charge is -2.49. The van der Waals surface area contributed by atoms with Crippen molar-refractivity contribution in [2.45, 2.75) is 111 Å². The van der Waals surface area contributed by atoms with E-state index in [1.807, 2.05) is 133 Å². The van der Waals surface area contributed by atoms with Crippen LogP contribution in [0.3, 0.4) is 0 Å². The zero-order chi connectivity index (χ0) is 49.3. The highest BCUT2D eigenvalue weighted by molar-refractivity contribution is 6.99. The van der Waals surface area contributed by atoms with E-state index in [0.717, 1.165) is 15.9 Å². The zero-order valence-electron chi connectivity index (χ0n) is 40.6. The van der Waals surface area contributed by atoms with Crippen molar-refractivity contribution in [3.05, 3.63) is 156 Å². The van der Waals surface area contributed by atoms with Crippen molar-refractivity contribution in [2.75, 3.05) is 17.2 Å². The van der Waals surface area contributed by atoms with E-state index in [1.54, 1.807) is 48.5 Å². The normalized spacial score (nSPS) is 18.8. The summed E-state index contributed by atoms with van der Waals surface area (Å²) in [7, 11) is -3.32. The van der Waals surface area contributed by atoms with Gasteiger partial charge in [0.1, 0.15) is 24.9 Å². The molecule has 1 aliphatic rings. The predicted octanol–water partition coefficient (Wildman–Crippen LogP) is 7.82. The Balaban J connectivity index is 1.38. The van der Waals surface area contributed by atoms with Crippen LogP contribution in [-0.2, 0) is 52.8 Å². The second-order valence-electron chi connectivity index (χ2n) is 20.4. The zero-order valence-corrected chi connectivity index (χ0v) is 41.6. The molecule has 0 radical (unpaired) electrons. The monoisotopic (exact) mass is 942 g/mol. The maximum absolute atomic E-state index is 14.6. The summed E-state index contributed by atoms with van der Waals surface area (Å²) in [5.41, 5.74) is -0.160. The minimum atomic E-state index is -3.32. The molecule has 0 saturated carbocycles. The van der Waals surface area contributed by atoms with Crippen molar-refractivity contribution in [1.29, 1.82) is 0 Å². The number of carbonyl (C=O) groups excluding carboxylic acids is 4. The summed E-state index contributed by atoms with van der Waals surface area (Å²) in [6.45, 7) is 16.6. The molecule has 14 heteroatoms. The van der Waals surface area contributed by atoms with Gasteiger partial charge in [-0.3, -0.25) is 14.4 Å². The van der Waals surface area contributed by atoms with Crippen molar-refractivity contribution in [2.24, 2.45) is 10.8 Å². The predicted molar refractivity (Wildman–Crippen MR) is 266 cm³/mol. The van der Waals surface area contributed by atoms with E-state index in [9.17, 15) is 24.3 Å². The summed E-state index contributed by atoms with van der Waals surface area (Å²) >= 11 is 0. The van der Waals surface area contributed by atoms with Gasteiger partial charge in [0, 0.05) is 22.2 Å². The first kappa shape index (κ1) is 51.2. The molecule has 5 aromatic carbocycles. The summed E-state index contributed by atoms with van der Waals surface area (Å²) in [5.74, 6) is -1.04. The molecular formula is C54H66N4O9Si. The van der Waals surface area contributed by atoms with Gasteiger partial charge in [-0.15, -0.1) is 0 Å². The molecule has 0 bridgehead atoms. The Bertz CT molecular complexity index is 2430. The molecule has 5 N–H and O–H groups in total. The number of hydrogen-bond acceptors (Lipinski definition) is 9. The largest absolute Gasteiger partial charge is 0.445 e. The van der Waals surface area contributed by atoms with Crippen molar-refractivity contribution >= 4 is 53.9 Å². The average molecular weight is 943 g/mol. The average Bonchev–Trinajstić information content (AvgIpc) is 3.29. The van der Waals surface area contributed by atoms with Crippen LogP contribution in [0.4, 0.5) is 16.2 Å². The Morgan fingerprint density at radius 1 is 0.603 bits per heavy atom. The van der Waals surface area contributed by atoms with Crippen molar-refractivity contribution in [3.8, 4) is 0 Å². The Morgan fingerprint density at radius 2 is 1.03 bits per heavy atom. The van der Waals surface area contributed by atoms with Crippen LogP contribution in [0.25, 0.3) is 0 Å². The molecule has 13 nitrogen and oxygen atoms in total. The number of nitrogens with one attached hydrogen (secondary N) is 4. The van der Waals surface area contributed by atoms with E-state index in [-0.39, 0.29) is 31.6 Å². The summed E-state index contributed by atoms with van der Waals surface area (Å²) in [6, 6.07) is 41.7. The number of benzene rings is 5. The third-order valence-electron chi connectivity index (χ3n) is 11.8. The molecule has 5 aromatic rings. The van der Waals surface area contributed by atoms with Gasteiger partial charge in [-0.05, 0) is 56.4 Å². The van der Waals surface area contributed by atoms with Crippen LogP contribution in [-0.4, -0.2) is 67.8 Å². The van der Waals surface area contributed by atoms with Gasteiger partial charge in [-0.2, -0.15) is 0 Å². The number of alkyl carbamates (subject to hydrolysis) is 1.